The van der Waals surface area contributed by atoms with E-state index >= 15 is 0 Å². The van der Waals surface area contributed by atoms with Gasteiger partial charge in [-0.1, -0.05) is 6.07 Å². The summed E-state index contributed by atoms with van der Waals surface area (Å²) in [7, 11) is 3.26. The van der Waals surface area contributed by atoms with Gasteiger partial charge in [0.15, 0.2) is 11.5 Å². The van der Waals surface area contributed by atoms with E-state index in [9.17, 15) is 0 Å². The summed E-state index contributed by atoms with van der Waals surface area (Å²) >= 11 is 0. The second-order valence-corrected chi connectivity index (χ2v) is 6.37. The summed E-state index contributed by atoms with van der Waals surface area (Å²) in [5, 5.41) is 1.88. The van der Waals surface area contributed by atoms with E-state index in [0.717, 1.165) is 44.6 Å². The highest BCUT2D eigenvalue weighted by Crippen LogP contribution is 2.36. The van der Waals surface area contributed by atoms with Gasteiger partial charge >= 0.3 is 5.43 Å². The van der Waals surface area contributed by atoms with Crippen LogP contribution in [-0.4, -0.2) is 27.4 Å². The number of rotatable bonds is 6. The summed E-state index contributed by atoms with van der Waals surface area (Å²) in [6.07, 6.45) is 0. The molecule has 0 saturated heterocycles. The van der Waals surface area contributed by atoms with Gasteiger partial charge in [-0.15, -0.1) is 0 Å². The largest absolute Gasteiger partial charge is 0.493 e. The fraction of sp³-hybridized carbons (Fsp3) is 0.348. The van der Waals surface area contributed by atoms with Crippen LogP contribution in [0.2, 0.25) is 0 Å². The average Bonchev–Trinajstić information content (AvgIpc) is 2.88. The predicted molar refractivity (Wildman–Crippen MR) is 112 cm³/mol. The Hall–Kier alpha value is -2.95. The smallest absolute Gasteiger partial charge is 0.355 e. The van der Waals surface area contributed by atoms with Crippen molar-refractivity contribution >= 4 is 10.8 Å². The molecule has 0 radical (unpaired) electrons. The summed E-state index contributed by atoms with van der Waals surface area (Å²) in [6.45, 7) is 8.95. The van der Waals surface area contributed by atoms with E-state index in [1.807, 2.05) is 58.0 Å². The number of ether oxygens (including phenoxy) is 3. The number of furan rings is 1. The third-order valence-corrected chi connectivity index (χ3v) is 4.64. The number of methoxy groups -OCH3 is 2. The summed E-state index contributed by atoms with van der Waals surface area (Å²) in [6, 6.07) is 9.90. The van der Waals surface area contributed by atoms with Crippen LogP contribution in [0.3, 0.4) is 0 Å². The van der Waals surface area contributed by atoms with Crippen molar-refractivity contribution < 1.29 is 18.6 Å². The number of fused-ring (bicyclic) bond motifs is 1. The maximum absolute atomic E-state index is 6.00. The summed E-state index contributed by atoms with van der Waals surface area (Å²) in [5.41, 5.74) is 2.70. The Balaban J connectivity index is 2.40. The van der Waals surface area contributed by atoms with Crippen LogP contribution in [0.1, 0.15) is 25.4 Å². The molecule has 2 aromatic carbocycles. The topological polar surface area (TPSA) is 52.1 Å². The molecule has 0 fully saturated rings. The number of hydrogen-bond donors (Lipinski definition) is 0. The van der Waals surface area contributed by atoms with Crippen LogP contribution >= 0.6 is 0 Å². The van der Waals surface area contributed by atoms with Gasteiger partial charge in [-0.25, -0.2) is 0 Å². The molecular formula is C23H27O5+. The predicted octanol–water partition coefficient (Wildman–Crippen LogP) is 5.05. The maximum atomic E-state index is 6.00. The normalized spacial score (nSPS) is 11.7. The average molecular weight is 383 g/mol. The monoisotopic (exact) mass is 383 g/mol. The van der Waals surface area contributed by atoms with Gasteiger partial charge in [-0.2, -0.15) is 0 Å². The molecule has 0 amide bonds. The first-order chi connectivity index (χ1) is 13.5. The first-order valence-electron chi connectivity index (χ1n) is 9.43. The van der Waals surface area contributed by atoms with Gasteiger partial charge in [-0.05, 0) is 50.1 Å². The van der Waals surface area contributed by atoms with Gasteiger partial charge in [0.2, 0.25) is 0 Å². The van der Waals surface area contributed by atoms with Gasteiger partial charge in [0.25, 0.3) is 6.61 Å². The number of hydrogen-bond acceptors (Lipinski definition) is 4. The number of aryl methyl sites for hydroxylation is 2. The molecule has 0 unspecified atom stereocenters. The summed E-state index contributed by atoms with van der Waals surface area (Å²) in [5.74, 6) is 3.75. The second kappa shape index (κ2) is 8.38. The minimum absolute atomic E-state index is 0.554. The van der Waals surface area contributed by atoms with E-state index in [1.54, 1.807) is 14.2 Å². The van der Waals surface area contributed by atoms with Gasteiger partial charge in [-0.3, -0.25) is 4.42 Å². The molecule has 0 saturated carbocycles. The lowest BCUT2D eigenvalue weighted by molar-refractivity contribution is 0.344. The van der Waals surface area contributed by atoms with Crippen LogP contribution in [0.5, 0.6) is 17.2 Å². The Labute approximate surface area is 165 Å². The molecule has 1 heterocycles. The van der Waals surface area contributed by atoms with Gasteiger partial charge in [0, 0.05) is 6.92 Å². The van der Waals surface area contributed by atoms with Crippen LogP contribution in [0, 0.1) is 13.8 Å². The molecule has 148 valence electrons. The molecule has 28 heavy (non-hydrogen) atoms. The van der Waals surface area contributed by atoms with E-state index in [4.69, 9.17) is 23.1 Å². The van der Waals surface area contributed by atoms with Gasteiger partial charge in [0.1, 0.15) is 22.7 Å². The molecule has 0 atom stereocenters. The minimum atomic E-state index is 0.554. The molecule has 5 nitrogen and oxygen atoms in total. The van der Waals surface area contributed by atoms with E-state index in [1.165, 1.54) is 0 Å². The van der Waals surface area contributed by atoms with Crippen molar-refractivity contribution in [2.75, 3.05) is 27.4 Å². The highest BCUT2D eigenvalue weighted by Gasteiger charge is 2.20. The zero-order valence-corrected chi connectivity index (χ0v) is 17.3. The van der Waals surface area contributed by atoms with Crippen molar-refractivity contribution in [3.63, 3.8) is 0 Å². The lowest BCUT2D eigenvalue weighted by Crippen LogP contribution is -2.01. The van der Waals surface area contributed by atoms with Crippen molar-refractivity contribution in [1.82, 2.24) is 0 Å². The Morgan fingerprint density at radius 3 is 2.14 bits per heavy atom. The highest BCUT2D eigenvalue weighted by molar-refractivity contribution is 5.93. The molecule has 0 aliphatic carbocycles. The van der Waals surface area contributed by atoms with E-state index in [2.05, 4.69) is 0 Å². The third kappa shape index (κ3) is 3.57. The van der Waals surface area contributed by atoms with Crippen LogP contribution < -0.4 is 19.6 Å². The Morgan fingerprint density at radius 2 is 1.50 bits per heavy atom. The first kappa shape index (κ1) is 19.8. The van der Waals surface area contributed by atoms with E-state index < -0.39 is 0 Å². The third-order valence-electron chi connectivity index (χ3n) is 4.64. The zero-order valence-electron chi connectivity index (χ0n) is 17.3. The second-order valence-electron chi connectivity index (χ2n) is 6.37. The molecule has 3 aromatic rings. The minimum Gasteiger partial charge on any atom is -0.493 e. The Morgan fingerprint density at radius 1 is 0.821 bits per heavy atom. The first-order valence-corrected chi connectivity index (χ1v) is 9.43. The fourth-order valence-electron chi connectivity index (χ4n) is 3.47. The molecule has 0 bridgehead atoms. The van der Waals surface area contributed by atoms with Gasteiger partial charge < -0.3 is 18.6 Å². The van der Waals surface area contributed by atoms with Crippen LogP contribution in [0.25, 0.3) is 21.9 Å². The van der Waals surface area contributed by atoms with Crippen molar-refractivity contribution in [2.24, 2.45) is 0 Å². The molecule has 0 N–H and O–H groups in total. The quantitative estimate of drug-likeness (QED) is 0.559. The van der Waals surface area contributed by atoms with Gasteiger partial charge in [0.05, 0.1) is 32.3 Å². The summed E-state index contributed by atoms with van der Waals surface area (Å²) in [4.78, 5) is 0. The van der Waals surface area contributed by atoms with Crippen molar-refractivity contribution in [2.45, 2.75) is 27.7 Å². The van der Waals surface area contributed by atoms with Crippen molar-refractivity contribution in [3.8, 4) is 28.4 Å². The molecule has 0 spiro atoms. The molecule has 0 aliphatic rings. The van der Waals surface area contributed by atoms with E-state index in [-0.39, 0.29) is 0 Å². The SMILES string of the molecule is CCOc1cc(-c2ccc(OC)c(OC)c2)cc(=[O+]CC)c2c(C)oc(C)c12. The lowest BCUT2D eigenvalue weighted by atomic mass is 10.1. The molecule has 1 aromatic heterocycles. The van der Waals surface area contributed by atoms with E-state index in [0.29, 0.717) is 24.7 Å². The van der Waals surface area contributed by atoms with Crippen molar-refractivity contribution in [3.05, 3.63) is 51.7 Å². The fourth-order valence-corrected chi connectivity index (χ4v) is 3.47. The Bertz CT molecular complexity index is 1060. The van der Waals surface area contributed by atoms with Crippen molar-refractivity contribution in [1.29, 1.82) is 0 Å². The lowest BCUT2D eigenvalue weighted by Gasteiger charge is -2.09. The van der Waals surface area contributed by atoms with Crippen LogP contribution in [0.4, 0.5) is 0 Å². The van der Waals surface area contributed by atoms with Crippen LogP contribution in [0.15, 0.2) is 39.2 Å². The number of benzene rings is 1. The standard InChI is InChI=1S/C23H27O5/c1-7-26-20-12-17(16-9-10-18(24-5)19(11-16)25-6)13-21(27-8-2)23-15(4)28-14(3)22(20)23/h9-13H,7-8H2,1-6H3/q+1. The molecule has 3 rings (SSSR count). The molecule has 0 aliphatic heterocycles. The zero-order chi connectivity index (χ0) is 20.3. The Kier molecular flexibility index (Phi) is 5.93. The maximum Gasteiger partial charge on any atom is 0.355 e. The molecule has 5 heteroatoms. The highest BCUT2D eigenvalue weighted by atomic mass is 16.5. The summed E-state index contributed by atoms with van der Waals surface area (Å²) < 4.78 is 28.7. The van der Waals surface area contributed by atoms with Crippen LogP contribution in [-0.2, 0) is 0 Å². The molecular weight excluding hydrogens is 356 g/mol.